The van der Waals surface area contributed by atoms with Gasteiger partial charge in [-0.1, -0.05) is 51.0 Å². The Morgan fingerprint density at radius 1 is 1.08 bits per heavy atom. The first-order valence-corrected chi connectivity index (χ1v) is 13.0. The van der Waals surface area contributed by atoms with Gasteiger partial charge in [0.1, 0.15) is 18.0 Å². The third-order valence-corrected chi connectivity index (χ3v) is 5.92. The lowest BCUT2D eigenvalue weighted by molar-refractivity contribution is -0.124. The van der Waals surface area contributed by atoms with Crippen LogP contribution in [0.1, 0.15) is 72.1 Å². The zero-order chi connectivity index (χ0) is 28.6. The van der Waals surface area contributed by atoms with Gasteiger partial charge in [-0.25, -0.2) is 4.79 Å². The molecule has 0 aliphatic heterocycles. The normalized spacial score (nSPS) is 13.6. The number of aliphatic hydroxyl groups is 1. The summed E-state index contributed by atoms with van der Waals surface area (Å²) in [5.41, 5.74) is -0.172. The van der Waals surface area contributed by atoms with Crippen molar-refractivity contribution in [2.24, 2.45) is 17.0 Å². The van der Waals surface area contributed by atoms with E-state index >= 15 is 0 Å². The Bertz CT molecular complexity index is 1230. The molecule has 2 rings (SSSR count). The van der Waals surface area contributed by atoms with E-state index in [4.69, 9.17) is 9.57 Å². The van der Waals surface area contributed by atoms with Gasteiger partial charge in [-0.05, 0) is 39.2 Å². The zero-order valence-corrected chi connectivity index (χ0v) is 23.7. The molecule has 0 radical (unpaired) electrons. The third-order valence-electron chi connectivity index (χ3n) is 5.92. The van der Waals surface area contributed by atoms with Crippen molar-refractivity contribution < 1.29 is 19.5 Å². The van der Waals surface area contributed by atoms with Crippen LogP contribution in [0.15, 0.2) is 45.2 Å². The van der Waals surface area contributed by atoms with Gasteiger partial charge in [-0.15, -0.1) is 0 Å². The quantitative estimate of drug-likeness (QED) is 0.303. The number of aromatic nitrogens is 2. The molecule has 1 heterocycles. The fraction of sp³-hybridized carbons (Fsp3) is 0.571. The van der Waals surface area contributed by atoms with Crippen LogP contribution in [0.3, 0.4) is 0 Å². The second-order valence-corrected chi connectivity index (χ2v) is 10.5. The summed E-state index contributed by atoms with van der Waals surface area (Å²) in [6.07, 6.45) is 0.681. The molecule has 0 saturated carbocycles. The van der Waals surface area contributed by atoms with Crippen LogP contribution >= 0.6 is 0 Å². The standard InChI is InChI=1S/C28H42N4O6/c1-17(2)13-21(29-26(34)18(3)4)14-32-27(35)23(20(7)30-38-19(5)6)15-31(28(32)36)16-24(33)22-11-9-10-12-25(22)37-8/h9-12,15,17-19,21,24,33H,13-14,16H2,1-8H3,(H,29,34)/b30-20+/t21-,24?/m0/s1. The van der Waals surface area contributed by atoms with Gasteiger partial charge in [0.25, 0.3) is 5.56 Å². The van der Waals surface area contributed by atoms with Gasteiger partial charge < -0.3 is 20.0 Å². The lowest BCUT2D eigenvalue weighted by Gasteiger charge is -2.24. The molecule has 2 N–H and O–H groups in total. The predicted octanol–water partition coefficient (Wildman–Crippen LogP) is 3.09. The molecule has 1 amide bonds. The highest BCUT2D eigenvalue weighted by Crippen LogP contribution is 2.25. The number of hydrogen-bond acceptors (Lipinski definition) is 7. The van der Waals surface area contributed by atoms with E-state index < -0.39 is 23.4 Å². The molecule has 0 aliphatic rings. The summed E-state index contributed by atoms with van der Waals surface area (Å²) in [5.74, 6) is 0.291. The number of hydrogen-bond donors (Lipinski definition) is 2. The van der Waals surface area contributed by atoms with E-state index in [9.17, 15) is 19.5 Å². The van der Waals surface area contributed by atoms with E-state index in [1.165, 1.54) is 17.9 Å². The average Bonchev–Trinajstić information content (AvgIpc) is 2.85. The van der Waals surface area contributed by atoms with Gasteiger partial charge in [0.15, 0.2) is 0 Å². The number of rotatable bonds is 13. The van der Waals surface area contributed by atoms with E-state index in [0.717, 1.165) is 4.57 Å². The second-order valence-electron chi connectivity index (χ2n) is 10.5. The van der Waals surface area contributed by atoms with Gasteiger partial charge in [-0.3, -0.25) is 18.7 Å². The number of nitrogens with one attached hydrogen (secondary N) is 1. The van der Waals surface area contributed by atoms with Crippen LogP contribution in [-0.4, -0.2) is 45.1 Å². The Kier molecular flexibility index (Phi) is 11.3. The van der Waals surface area contributed by atoms with Gasteiger partial charge in [-0.2, -0.15) is 0 Å². The minimum Gasteiger partial charge on any atom is -0.496 e. The number of methoxy groups -OCH3 is 1. The van der Waals surface area contributed by atoms with Crippen LogP contribution in [0, 0.1) is 11.8 Å². The van der Waals surface area contributed by atoms with Crippen LogP contribution in [0.4, 0.5) is 0 Å². The molecule has 10 nitrogen and oxygen atoms in total. The highest BCUT2D eigenvalue weighted by Gasteiger charge is 2.23. The van der Waals surface area contributed by atoms with Crippen LogP contribution in [0.25, 0.3) is 0 Å². The van der Waals surface area contributed by atoms with Crippen LogP contribution < -0.4 is 21.3 Å². The molecule has 0 fully saturated rings. The zero-order valence-electron chi connectivity index (χ0n) is 23.7. The Morgan fingerprint density at radius 3 is 2.32 bits per heavy atom. The first-order chi connectivity index (χ1) is 17.8. The number of ether oxygens (including phenoxy) is 1. The maximum atomic E-state index is 13.6. The average molecular weight is 531 g/mol. The van der Waals surface area contributed by atoms with Crippen molar-refractivity contribution in [3.05, 3.63) is 62.4 Å². The molecule has 0 spiro atoms. The Balaban J connectivity index is 2.62. The number of benzene rings is 1. The largest absolute Gasteiger partial charge is 0.496 e. The third kappa shape index (κ3) is 8.31. The van der Waals surface area contributed by atoms with Crippen molar-refractivity contribution in [2.75, 3.05) is 7.11 Å². The van der Waals surface area contributed by atoms with Gasteiger partial charge in [0, 0.05) is 23.7 Å². The minimum absolute atomic E-state index is 0.0226. The number of oxime groups is 1. The second kappa shape index (κ2) is 13.9. The number of amides is 1. The van der Waals surface area contributed by atoms with E-state index in [2.05, 4.69) is 10.5 Å². The summed E-state index contributed by atoms with van der Waals surface area (Å²) in [4.78, 5) is 45.0. The molecule has 210 valence electrons. The summed E-state index contributed by atoms with van der Waals surface area (Å²) in [6.45, 7) is 12.7. The maximum absolute atomic E-state index is 13.6. The molecule has 0 saturated heterocycles. The van der Waals surface area contributed by atoms with E-state index in [1.807, 2.05) is 27.7 Å². The molecule has 0 aliphatic carbocycles. The van der Waals surface area contributed by atoms with Crippen molar-refractivity contribution in [3.63, 3.8) is 0 Å². The van der Waals surface area contributed by atoms with Crippen LogP contribution in [0.5, 0.6) is 5.75 Å². The van der Waals surface area contributed by atoms with Crippen molar-refractivity contribution in [3.8, 4) is 5.75 Å². The minimum atomic E-state index is -1.08. The molecule has 2 atom stereocenters. The van der Waals surface area contributed by atoms with Crippen LogP contribution in [-0.2, 0) is 22.7 Å². The van der Waals surface area contributed by atoms with Crippen LogP contribution in [0.2, 0.25) is 0 Å². The maximum Gasteiger partial charge on any atom is 0.331 e. The molecule has 0 bridgehead atoms. The van der Waals surface area contributed by atoms with E-state index in [1.54, 1.807) is 45.0 Å². The highest BCUT2D eigenvalue weighted by molar-refractivity contribution is 5.97. The fourth-order valence-electron chi connectivity index (χ4n) is 3.99. The van der Waals surface area contributed by atoms with E-state index in [-0.39, 0.29) is 42.5 Å². The highest BCUT2D eigenvalue weighted by atomic mass is 16.6. The first-order valence-electron chi connectivity index (χ1n) is 13.0. The number of para-hydroxylation sites is 1. The Morgan fingerprint density at radius 2 is 1.74 bits per heavy atom. The Labute approximate surface area is 224 Å². The summed E-state index contributed by atoms with van der Waals surface area (Å²) < 4.78 is 7.75. The molecule has 2 aromatic rings. The number of carbonyl (C=O) groups excluding carboxylic acids is 1. The molecule has 1 aromatic heterocycles. The molecule has 10 heteroatoms. The molecular formula is C28H42N4O6. The molecule has 38 heavy (non-hydrogen) atoms. The van der Waals surface area contributed by atoms with Gasteiger partial charge >= 0.3 is 5.69 Å². The number of nitrogens with zero attached hydrogens (tertiary/aromatic N) is 3. The Hall–Kier alpha value is -3.40. The van der Waals surface area contributed by atoms with Crippen molar-refractivity contribution >= 4 is 11.6 Å². The van der Waals surface area contributed by atoms with Crippen molar-refractivity contribution in [2.45, 2.75) is 86.2 Å². The monoisotopic (exact) mass is 530 g/mol. The predicted molar refractivity (Wildman–Crippen MR) is 148 cm³/mol. The molecule has 1 aromatic carbocycles. The lowest BCUT2D eigenvalue weighted by Crippen LogP contribution is -2.49. The topological polar surface area (TPSA) is 124 Å². The van der Waals surface area contributed by atoms with Crippen molar-refractivity contribution in [1.82, 2.24) is 14.5 Å². The SMILES string of the molecule is COc1ccccc1C(O)Cn1cc(/C(C)=N/OC(C)C)c(=O)n(C[C@H](CC(C)C)NC(=O)C(C)C)c1=O. The summed E-state index contributed by atoms with van der Waals surface area (Å²) >= 11 is 0. The smallest absolute Gasteiger partial charge is 0.331 e. The number of carbonyl (C=O) groups is 1. The fourth-order valence-corrected chi connectivity index (χ4v) is 3.99. The molecular weight excluding hydrogens is 488 g/mol. The summed E-state index contributed by atoms with van der Waals surface area (Å²) in [6, 6.07) is 6.55. The lowest BCUT2D eigenvalue weighted by atomic mass is 10.0. The number of aliphatic hydroxyl groups excluding tert-OH is 1. The summed E-state index contributed by atoms with van der Waals surface area (Å²) in [7, 11) is 1.50. The van der Waals surface area contributed by atoms with Crippen molar-refractivity contribution in [1.29, 1.82) is 0 Å². The molecule has 1 unspecified atom stereocenters. The first kappa shape index (κ1) is 30.8. The van der Waals surface area contributed by atoms with Gasteiger partial charge in [0.05, 0.1) is 31.5 Å². The van der Waals surface area contributed by atoms with Gasteiger partial charge in [0.2, 0.25) is 5.91 Å². The van der Waals surface area contributed by atoms with E-state index in [0.29, 0.717) is 23.4 Å². The summed E-state index contributed by atoms with van der Waals surface area (Å²) in [5, 5.41) is 18.1.